The fraction of sp³-hybridized carbons (Fsp3) is 0. The Morgan fingerprint density at radius 1 is 1.14 bits per heavy atom. The average molecular weight is 224 g/mol. The molecule has 2 rings (SSSR count). The second-order valence-corrected chi connectivity index (χ2v) is 3.49. The van der Waals surface area contributed by atoms with E-state index in [0.29, 0.717) is 10.0 Å². The quantitative estimate of drug-likeness (QED) is 0.742. The van der Waals surface area contributed by atoms with Gasteiger partial charge in [-0.25, -0.2) is 9.97 Å². The Labute approximate surface area is 91.5 Å². The molecule has 0 atom stereocenters. The predicted molar refractivity (Wildman–Crippen MR) is 56.3 cm³/mol. The first-order valence-corrected chi connectivity index (χ1v) is 4.66. The fourth-order valence-corrected chi connectivity index (χ4v) is 1.37. The van der Waals surface area contributed by atoms with Crippen LogP contribution in [0.25, 0.3) is 11.1 Å². The lowest BCUT2D eigenvalue weighted by Crippen LogP contribution is -1.82. The topological polar surface area (TPSA) is 25.8 Å². The lowest BCUT2D eigenvalue weighted by Gasteiger charge is -2.01. The molecule has 1 aromatic heterocycles. The third-order valence-electron chi connectivity index (χ3n) is 1.74. The summed E-state index contributed by atoms with van der Waals surface area (Å²) in [5.74, 6) is 0. The van der Waals surface area contributed by atoms with Crippen molar-refractivity contribution in [2.45, 2.75) is 0 Å². The minimum absolute atomic E-state index is 0.515. The summed E-state index contributed by atoms with van der Waals surface area (Å²) in [5, 5.41) is 1.05. The third kappa shape index (κ3) is 1.86. The minimum Gasteiger partial charge on any atom is -0.244 e. The maximum absolute atomic E-state index is 5.88. The third-order valence-corrected chi connectivity index (χ3v) is 2.48. The van der Waals surface area contributed by atoms with Crippen LogP contribution in [0, 0.1) is 6.20 Å². The number of halogens is 2. The van der Waals surface area contributed by atoms with Gasteiger partial charge in [0.1, 0.15) is 12.5 Å². The SMILES string of the molecule is Clc1ccc(-c2[c]ncnc2)cc1Cl. The molecule has 0 aliphatic heterocycles. The Hall–Kier alpha value is -1.12. The van der Waals surface area contributed by atoms with Crippen LogP contribution in [0.5, 0.6) is 0 Å². The zero-order valence-corrected chi connectivity index (χ0v) is 8.55. The highest BCUT2D eigenvalue weighted by Gasteiger charge is 2.02. The molecule has 69 valence electrons. The molecule has 0 fully saturated rings. The van der Waals surface area contributed by atoms with Crippen molar-refractivity contribution >= 4 is 23.2 Å². The molecule has 0 aliphatic carbocycles. The van der Waals surface area contributed by atoms with Crippen molar-refractivity contribution in [1.82, 2.24) is 9.97 Å². The van der Waals surface area contributed by atoms with Crippen molar-refractivity contribution in [3.8, 4) is 11.1 Å². The highest BCUT2D eigenvalue weighted by Crippen LogP contribution is 2.27. The normalized spacial score (nSPS) is 10.1. The fourth-order valence-electron chi connectivity index (χ4n) is 1.07. The smallest absolute Gasteiger partial charge is 0.116 e. The number of rotatable bonds is 1. The number of nitrogens with zero attached hydrogens (tertiary/aromatic N) is 2. The molecule has 2 aromatic rings. The second-order valence-electron chi connectivity index (χ2n) is 2.68. The summed E-state index contributed by atoms with van der Waals surface area (Å²) in [6.07, 6.45) is 5.92. The number of hydrogen-bond acceptors (Lipinski definition) is 2. The Bertz CT molecular complexity index is 443. The first kappa shape index (κ1) is 9.44. The molecule has 0 amide bonds. The highest BCUT2D eigenvalue weighted by molar-refractivity contribution is 6.42. The van der Waals surface area contributed by atoms with Gasteiger partial charge in [-0.1, -0.05) is 29.3 Å². The summed E-state index contributed by atoms with van der Waals surface area (Å²) < 4.78 is 0. The maximum atomic E-state index is 5.88. The Kier molecular flexibility index (Phi) is 2.66. The molecule has 0 spiro atoms. The Balaban J connectivity index is 2.48. The summed E-state index contributed by atoms with van der Waals surface area (Å²) >= 11 is 11.7. The van der Waals surface area contributed by atoms with E-state index in [1.165, 1.54) is 6.33 Å². The van der Waals surface area contributed by atoms with Crippen LogP contribution in [0.1, 0.15) is 0 Å². The molecule has 1 heterocycles. The largest absolute Gasteiger partial charge is 0.244 e. The predicted octanol–water partition coefficient (Wildman–Crippen LogP) is 3.25. The first-order valence-electron chi connectivity index (χ1n) is 3.90. The lowest BCUT2D eigenvalue weighted by atomic mass is 10.1. The standard InChI is InChI=1S/C10H5Cl2N2/c11-9-2-1-7(3-10(9)12)8-4-13-6-14-5-8/h1-4,6H. The van der Waals surface area contributed by atoms with Gasteiger partial charge < -0.3 is 0 Å². The van der Waals surface area contributed by atoms with E-state index in [9.17, 15) is 0 Å². The molecule has 0 saturated heterocycles. The number of hydrogen-bond donors (Lipinski definition) is 0. The molecule has 1 radical (unpaired) electrons. The summed E-state index contributed by atoms with van der Waals surface area (Å²) in [5.41, 5.74) is 1.70. The van der Waals surface area contributed by atoms with E-state index in [1.807, 2.05) is 6.07 Å². The van der Waals surface area contributed by atoms with E-state index in [2.05, 4.69) is 16.2 Å². The van der Waals surface area contributed by atoms with Crippen LogP contribution in [0.2, 0.25) is 10.0 Å². The second kappa shape index (κ2) is 3.95. The zero-order valence-electron chi connectivity index (χ0n) is 7.04. The van der Waals surface area contributed by atoms with Crippen LogP contribution in [0.15, 0.2) is 30.7 Å². The number of aromatic nitrogens is 2. The van der Waals surface area contributed by atoms with Gasteiger partial charge in [-0.3, -0.25) is 0 Å². The van der Waals surface area contributed by atoms with Crippen LogP contribution in [0.4, 0.5) is 0 Å². The van der Waals surface area contributed by atoms with Gasteiger partial charge in [0.2, 0.25) is 0 Å². The lowest BCUT2D eigenvalue weighted by molar-refractivity contribution is 1.16. The first-order chi connectivity index (χ1) is 6.77. The van der Waals surface area contributed by atoms with Crippen LogP contribution in [-0.2, 0) is 0 Å². The Morgan fingerprint density at radius 3 is 2.64 bits per heavy atom. The van der Waals surface area contributed by atoms with E-state index < -0.39 is 0 Å². The molecule has 0 bridgehead atoms. The molecular weight excluding hydrogens is 219 g/mol. The molecule has 0 saturated carbocycles. The molecule has 0 aliphatic rings. The minimum atomic E-state index is 0.515. The van der Waals surface area contributed by atoms with Gasteiger partial charge >= 0.3 is 0 Å². The summed E-state index contributed by atoms with van der Waals surface area (Å²) in [4.78, 5) is 7.70. The molecule has 1 aromatic carbocycles. The molecule has 0 unspecified atom stereocenters. The van der Waals surface area contributed by atoms with Gasteiger partial charge in [-0.2, -0.15) is 0 Å². The Morgan fingerprint density at radius 2 is 2.00 bits per heavy atom. The number of benzene rings is 1. The monoisotopic (exact) mass is 223 g/mol. The van der Waals surface area contributed by atoms with Crippen LogP contribution < -0.4 is 0 Å². The van der Waals surface area contributed by atoms with Gasteiger partial charge in [0, 0.05) is 11.8 Å². The van der Waals surface area contributed by atoms with Crippen LogP contribution in [0.3, 0.4) is 0 Å². The van der Waals surface area contributed by atoms with Gasteiger partial charge in [0.25, 0.3) is 0 Å². The van der Waals surface area contributed by atoms with E-state index in [4.69, 9.17) is 23.2 Å². The molecule has 14 heavy (non-hydrogen) atoms. The van der Waals surface area contributed by atoms with Crippen molar-refractivity contribution in [2.75, 3.05) is 0 Å². The van der Waals surface area contributed by atoms with Crippen molar-refractivity contribution in [1.29, 1.82) is 0 Å². The molecular formula is C10H5Cl2N2. The van der Waals surface area contributed by atoms with Crippen molar-refractivity contribution in [3.63, 3.8) is 0 Å². The zero-order chi connectivity index (χ0) is 9.97. The maximum Gasteiger partial charge on any atom is 0.116 e. The summed E-state index contributed by atoms with van der Waals surface area (Å²) in [6.45, 7) is 0. The van der Waals surface area contributed by atoms with Crippen molar-refractivity contribution < 1.29 is 0 Å². The average Bonchev–Trinajstić information content (AvgIpc) is 2.23. The van der Waals surface area contributed by atoms with E-state index in [1.54, 1.807) is 18.3 Å². The van der Waals surface area contributed by atoms with Crippen molar-refractivity contribution in [2.24, 2.45) is 0 Å². The summed E-state index contributed by atoms with van der Waals surface area (Å²) in [7, 11) is 0. The molecule has 0 N–H and O–H groups in total. The van der Waals surface area contributed by atoms with Crippen LogP contribution in [-0.4, -0.2) is 9.97 Å². The van der Waals surface area contributed by atoms with E-state index >= 15 is 0 Å². The van der Waals surface area contributed by atoms with Gasteiger partial charge in [-0.15, -0.1) is 0 Å². The summed E-state index contributed by atoms with van der Waals surface area (Å²) in [6, 6.07) is 5.35. The molecule has 4 heteroatoms. The van der Waals surface area contributed by atoms with Gasteiger partial charge in [-0.05, 0) is 17.7 Å². The van der Waals surface area contributed by atoms with E-state index in [-0.39, 0.29) is 0 Å². The van der Waals surface area contributed by atoms with Gasteiger partial charge in [0.15, 0.2) is 0 Å². The van der Waals surface area contributed by atoms with E-state index in [0.717, 1.165) is 11.1 Å². The van der Waals surface area contributed by atoms with Crippen molar-refractivity contribution in [3.05, 3.63) is 47.0 Å². The highest BCUT2D eigenvalue weighted by atomic mass is 35.5. The van der Waals surface area contributed by atoms with Crippen LogP contribution >= 0.6 is 23.2 Å². The van der Waals surface area contributed by atoms with Gasteiger partial charge in [0.05, 0.1) is 10.0 Å². The molecule has 2 nitrogen and oxygen atoms in total.